The Kier molecular flexibility index (Phi) is 13.4. The van der Waals surface area contributed by atoms with Crippen LogP contribution in [0.4, 0.5) is 4.79 Å². The Hall–Kier alpha value is -3.92. The van der Waals surface area contributed by atoms with E-state index in [-0.39, 0.29) is 12.0 Å². The van der Waals surface area contributed by atoms with Gasteiger partial charge in [-0.15, -0.1) is 0 Å². The van der Waals surface area contributed by atoms with Gasteiger partial charge in [0.15, 0.2) is 23.0 Å². The van der Waals surface area contributed by atoms with Crippen LogP contribution in [-0.2, 0) is 30.8 Å². The van der Waals surface area contributed by atoms with Gasteiger partial charge in [0.05, 0.1) is 14.2 Å². The number of amides is 1. The maximum Gasteiger partial charge on any atom is 0.410 e. The predicted molar refractivity (Wildman–Crippen MR) is 200 cm³/mol. The molecule has 1 fully saturated rings. The third-order valence-corrected chi connectivity index (χ3v) is 8.64. The molecule has 256 valence electrons. The molecule has 8 heteroatoms. The highest BCUT2D eigenvalue weighted by Crippen LogP contribution is 2.35. The summed E-state index contributed by atoms with van der Waals surface area (Å²) in [5, 5.41) is 0. The van der Waals surface area contributed by atoms with E-state index in [1.807, 2.05) is 51.1 Å². The van der Waals surface area contributed by atoms with Crippen molar-refractivity contribution in [3.8, 4) is 23.0 Å². The number of halogens is 1. The molecule has 1 saturated heterocycles. The summed E-state index contributed by atoms with van der Waals surface area (Å²) in [6.45, 7) is 12.3. The Balaban J connectivity index is 0.000000237. The zero-order valence-electron chi connectivity index (χ0n) is 29.2. The van der Waals surface area contributed by atoms with Crippen LogP contribution in [0.1, 0.15) is 68.4 Å². The average Bonchev–Trinajstić information content (AvgIpc) is 3.06. The van der Waals surface area contributed by atoms with Gasteiger partial charge in [-0.2, -0.15) is 0 Å². The molecule has 0 N–H and O–H groups in total. The molecule has 0 saturated carbocycles. The molecule has 1 amide bonds. The fourth-order valence-electron chi connectivity index (χ4n) is 5.05. The SMILES string of the molecule is CCc1ccc(COc2ccc(C3CN(C(=O)OC(C)(C)C)C3)cc2OC)cc1.CCc1ccc(COc2ccc(I)cc2OC)cc1. The minimum Gasteiger partial charge on any atom is -0.493 e. The number of nitrogens with zero attached hydrogens (tertiary/aromatic N) is 1. The van der Waals surface area contributed by atoms with Gasteiger partial charge in [0.25, 0.3) is 0 Å². The minimum atomic E-state index is -0.471. The Morgan fingerprint density at radius 1 is 0.688 bits per heavy atom. The van der Waals surface area contributed by atoms with E-state index in [4.69, 9.17) is 23.7 Å². The molecule has 1 aliphatic heterocycles. The number of hydrogen-bond acceptors (Lipinski definition) is 6. The lowest BCUT2D eigenvalue weighted by molar-refractivity contribution is 0.00817. The van der Waals surface area contributed by atoms with Crippen molar-refractivity contribution in [2.75, 3.05) is 27.3 Å². The number of likely N-dealkylation sites (tertiary alicyclic amines) is 1. The van der Waals surface area contributed by atoms with Crippen LogP contribution in [0.15, 0.2) is 84.9 Å². The molecular weight excluding hydrogens is 717 g/mol. The summed E-state index contributed by atoms with van der Waals surface area (Å²) >= 11 is 2.26. The van der Waals surface area contributed by atoms with E-state index in [9.17, 15) is 4.79 Å². The van der Waals surface area contributed by atoms with Crippen LogP contribution in [0.5, 0.6) is 23.0 Å². The fourth-order valence-corrected chi connectivity index (χ4v) is 5.51. The molecule has 0 radical (unpaired) electrons. The number of hydrogen-bond donors (Lipinski definition) is 0. The molecule has 0 aliphatic carbocycles. The number of ether oxygens (including phenoxy) is 5. The Labute approximate surface area is 299 Å². The minimum absolute atomic E-state index is 0.255. The van der Waals surface area contributed by atoms with Crippen LogP contribution in [0.3, 0.4) is 0 Å². The first-order chi connectivity index (χ1) is 23.0. The number of aryl methyl sites for hydroxylation is 2. The average molecular weight is 766 g/mol. The second-order valence-electron chi connectivity index (χ2n) is 12.7. The maximum absolute atomic E-state index is 12.1. The number of benzene rings is 4. The van der Waals surface area contributed by atoms with Crippen molar-refractivity contribution in [1.29, 1.82) is 0 Å². The number of methoxy groups -OCH3 is 2. The van der Waals surface area contributed by atoms with Crippen molar-refractivity contribution >= 4 is 28.7 Å². The third kappa shape index (κ3) is 10.8. The van der Waals surface area contributed by atoms with Crippen LogP contribution in [-0.4, -0.2) is 43.9 Å². The van der Waals surface area contributed by atoms with Gasteiger partial charge in [0, 0.05) is 22.6 Å². The molecule has 0 bridgehead atoms. The second kappa shape index (κ2) is 17.5. The molecule has 4 aromatic rings. The smallest absolute Gasteiger partial charge is 0.410 e. The second-order valence-corrected chi connectivity index (χ2v) is 14.0. The largest absolute Gasteiger partial charge is 0.493 e. The van der Waals surface area contributed by atoms with Crippen LogP contribution >= 0.6 is 22.6 Å². The fraction of sp³-hybridized carbons (Fsp3) is 0.375. The molecule has 48 heavy (non-hydrogen) atoms. The topological polar surface area (TPSA) is 66.5 Å². The summed E-state index contributed by atoms with van der Waals surface area (Å²) in [6.07, 6.45) is 1.84. The lowest BCUT2D eigenvalue weighted by Gasteiger charge is -2.40. The van der Waals surface area contributed by atoms with Gasteiger partial charge in [0.2, 0.25) is 0 Å². The Bertz CT molecular complexity index is 1610. The van der Waals surface area contributed by atoms with E-state index in [0.29, 0.717) is 32.1 Å². The highest BCUT2D eigenvalue weighted by Gasteiger charge is 2.34. The normalized spacial score (nSPS) is 12.7. The quantitative estimate of drug-likeness (QED) is 0.142. The standard InChI is InChI=1S/C24H31NO4.C16H17IO2/c1-6-17-7-9-18(10-8-17)16-28-21-12-11-19(13-22(21)27-5)20-14-25(15-20)23(26)29-24(2,3)4;1-3-12-4-6-13(7-5-12)11-19-15-9-8-14(17)10-16(15)18-2/h7-13,20H,6,14-16H2,1-5H3;4-10H,3,11H2,1-2H3. The zero-order valence-corrected chi connectivity index (χ0v) is 31.3. The van der Waals surface area contributed by atoms with Gasteiger partial charge < -0.3 is 28.6 Å². The van der Waals surface area contributed by atoms with Crippen molar-refractivity contribution in [2.24, 2.45) is 0 Å². The molecular formula is C40H48INO6. The summed E-state index contributed by atoms with van der Waals surface area (Å²) in [5.41, 5.74) is 5.62. The van der Waals surface area contributed by atoms with Gasteiger partial charge in [-0.3, -0.25) is 0 Å². The monoisotopic (exact) mass is 765 g/mol. The molecule has 4 aromatic carbocycles. The molecule has 0 unspecified atom stereocenters. The van der Waals surface area contributed by atoms with E-state index >= 15 is 0 Å². The highest BCUT2D eigenvalue weighted by atomic mass is 127. The van der Waals surface area contributed by atoms with E-state index in [1.165, 1.54) is 11.1 Å². The number of carbonyl (C=O) groups is 1. The van der Waals surface area contributed by atoms with Gasteiger partial charge in [-0.25, -0.2) is 4.79 Å². The van der Waals surface area contributed by atoms with Gasteiger partial charge in [-0.1, -0.05) is 68.4 Å². The summed E-state index contributed by atoms with van der Waals surface area (Å²) in [5.74, 6) is 3.27. The molecule has 7 nitrogen and oxygen atoms in total. The third-order valence-electron chi connectivity index (χ3n) is 7.97. The van der Waals surface area contributed by atoms with Crippen molar-refractivity contribution in [3.05, 3.63) is 116 Å². The van der Waals surface area contributed by atoms with Crippen molar-refractivity contribution in [2.45, 2.75) is 72.2 Å². The highest BCUT2D eigenvalue weighted by molar-refractivity contribution is 14.1. The van der Waals surface area contributed by atoms with Gasteiger partial charge >= 0.3 is 6.09 Å². The Morgan fingerprint density at radius 2 is 1.15 bits per heavy atom. The predicted octanol–water partition coefficient (Wildman–Crippen LogP) is 9.61. The molecule has 0 spiro atoms. The zero-order chi connectivity index (χ0) is 34.7. The first-order valence-electron chi connectivity index (χ1n) is 16.4. The number of carbonyl (C=O) groups excluding carboxylic acids is 1. The summed E-state index contributed by atoms with van der Waals surface area (Å²) in [4.78, 5) is 13.8. The molecule has 0 aromatic heterocycles. The molecule has 0 atom stereocenters. The number of rotatable bonds is 11. The van der Waals surface area contributed by atoms with Crippen LogP contribution in [0, 0.1) is 3.57 Å². The van der Waals surface area contributed by atoms with Crippen LogP contribution in [0.2, 0.25) is 0 Å². The first-order valence-corrected chi connectivity index (χ1v) is 17.5. The molecule has 1 heterocycles. The molecule has 5 rings (SSSR count). The van der Waals surface area contributed by atoms with Crippen molar-refractivity contribution < 1.29 is 28.5 Å². The molecule has 1 aliphatic rings. The van der Waals surface area contributed by atoms with Gasteiger partial charge in [-0.05, 0) is 114 Å². The lowest BCUT2D eigenvalue weighted by atomic mass is 9.91. The van der Waals surface area contributed by atoms with Crippen molar-refractivity contribution in [1.82, 2.24) is 4.90 Å². The van der Waals surface area contributed by atoms with Crippen LogP contribution in [0.25, 0.3) is 0 Å². The lowest BCUT2D eigenvalue weighted by Crippen LogP contribution is -2.50. The Morgan fingerprint density at radius 3 is 1.60 bits per heavy atom. The van der Waals surface area contributed by atoms with Crippen molar-refractivity contribution in [3.63, 3.8) is 0 Å². The summed E-state index contributed by atoms with van der Waals surface area (Å²) < 4.78 is 29.2. The van der Waals surface area contributed by atoms with Gasteiger partial charge in [0.1, 0.15) is 18.8 Å². The van der Waals surface area contributed by atoms with E-state index < -0.39 is 5.60 Å². The first kappa shape index (κ1) is 36.9. The van der Waals surface area contributed by atoms with E-state index in [0.717, 1.165) is 50.4 Å². The van der Waals surface area contributed by atoms with Crippen LogP contribution < -0.4 is 18.9 Å². The van der Waals surface area contributed by atoms with E-state index in [1.54, 1.807) is 19.1 Å². The maximum atomic E-state index is 12.1. The summed E-state index contributed by atoms with van der Waals surface area (Å²) in [6, 6.07) is 28.9. The summed E-state index contributed by atoms with van der Waals surface area (Å²) in [7, 11) is 3.31. The van der Waals surface area contributed by atoms with E-state index in [2.05, 4.69) is 91.0 Å².